The van der Waals surface area contributed by atoms with Crippen LogP contribution in [0.15, 0.2) is 12.3 Å². The maximum absolute atomic E-state index is 11.4. The van der Waals surface area contributed by atoms with E-state index in [2.05, 4.69) is 16.0 Å². The summed E-state index contributed by atoms with van der Waals surface area (Å²) in [5, 5.41) is 9.68. The Bertz CT molecular complexity index is 450. The third-order valence-corrected chi connectivity index (χ3v) is 5.99. The second-order valence-corrected chi connectivity index (χ2v) is 9.58. The highest BCUT2D eigenvalue weighted by molar-refractivity contribution is 7.47. The van der Waals surface area contributed by atoms with Gasteiger partial charge in [-0.3, -0.25) is 9.05 Å². The van der Waals surface area contributed by atoms with Crippen molar-refractivity contribution in [1.82, 2.24) is 0 Å². The molecule has 0 aliphatic rings. The smallest absolute Gasteiger partial charge is 0.472 e. The lowest BCUT2D eigenvalue weighted by atomic mass is 10.0. The van der Waals surface area contributed by atoms with Crippen molar-refractivity contribution in [2.24, 2.45) is 5.73 Å². The number of rotatable bonds is 24. The minimum Gasteiger partial charge on any atom is -0.499 e. The Balaban J connectivity index is 3.34. The number of hydrogen-bond donors (Lipinski definition) is 3. The fraction of sp³-hybridized carbons (Fsp3) is 0.913. The molecule has 186 valence electrons. The van der Waals surface area contributed by atoms with E-state index >= 15 is 0 Å². The lowest BCUT2D eigenvalue weighted by molar-refractivity contribution is 0.0311. The van der Waals surface area contributed by atoms with Crippen LogP contribution in [-0.4, -0.2) is 42.5 Å². The predicted octanol–water partition coefficient (Wildman–Crippen LogP) is 5.84. The number of hydrogen-bond acceptors (Lipinski definition) is 6. The largest absolute Gasteiger partial charge is 0.499 e. The molecule has 0 amide bonds. The van der Waals surface area contributed by atoms with Gasteiger partial charge in [0, 0.05) is 6.54 Å². The van der Waals surface area contributed by atoms with Crippen molar-refractivity contribution in [3.63, 3.8) is 0 Å². The SMILES string of the molecule is CCCCCCCCCCCCCCCC/C=C/OC[C@@H](O)COP(=O)(O)OCCN. The summed E-state index contributed by atoms with van der Waals surface area (Å²) in [4.78, 5) is 9.31. The van der Waals surface area contributed by atoms with Crippen LogP contribution in [0.3, 0.4) is 0 Å². The quantitative estimate of drug-likeness (QED) is 0.0932. The first kappa shape index (κ1) is 30.6. The topological polar surface area (TPSA) is 111 Å². The van der Waals surface area contributed by atoms with Crippen LogP contribution in [0.4, 0.5) is 0 Å². The van der Waals surface area contributed by atoms with Crippen LogP contribution in [0.25, 0.3) is 0 Å². The molecule has 0 rings (SSSR count). The number of nitrogens with two attached hydrogens (primary N) is 1. The van der Waals surface area contributed by atoms with Crippen LogP contribution in [-0.2, 0) is 18.3 Å². The van der Waals surface area contributed by atoms with Gasteiger partial charge < -0.3 is 20.5 Å². The highest BCUT2D eigenvalue weighted by atomic mass is 31.2. The lowest BCUT2D eigenvalue weighted by Gasteiger charge is -2.14. The van der Waals surface area contributed by atoms with Gasteiger partial charge in [0.1, 0.15) is 12.7 Å². The molecule has 0 bridgehead atoms. The molecule has 0 aromatic heterocycles. The monoisotopic (exact) mass is 465 g/mol. The Hall–Kier alpha value is -0.430. The zero-order valence-corrected chi connectivity index (χ0v) is 20.6. The summed E-state index contributed by atoms with van der Waals surface area (Å²) < 4.78 is 25.9. The number of unbranched alkanes of at least 4 members (excludes halogenated alkanes) is 14. The first-order valence-electron chi connectivity index (χ1n) is 12.3. The van der Waals surface area contributed by atoms with E-state index in [4.69, 9.17) is 10.5 Å². The van der Waals surface area contributed by atoms with E-state index in [0.717, 1.165) is 12.8 Å². The molecule has 0 radical (unpaired) electrons. The fourth-order valence-corrected chi connectivity index (χ4v) is 3.96. The highest BCUT2D eigenvalue weighted by Crippen LogP contribution is 2.42. The molecule has 0 aliphatic heterocycles. The first-order valence-corrected chi connectivity index (χ1v) is 13.8. The molecule has 31 heavy (non-hydrogen) atoms. The molecule has 1 unspecified atom stereocenters. The number of aliphatic hydroxyl groups excluding tert-OH is 1. The molecule has 0 spiro atoms. The molecule has 8 heteroatoms. The zero-order chi connectivity index (χ0) is 23.0. The molecule has 0 heterocycles. The van der Waals surface area contributed by atoms with Crippen LogP contribution >= 0.6 is 7.82 Å². The number of ether oxygens (including phenoxy) is 1. The average Bonchev–Trinajstić information content (AvgIpc) is 2.75. The van der Waals surface area contributed by atoms with Gasteiger partial charge in [-0.15, -0.1) is 0 Å². The highest BCUT2D eigenvalue weighted by Gasteiger charge is 2.22. The van der Waals surface area contributed by atoms with E-state index < -0.39 is 13.9 Å². The Kier molecular flexibility index (Phi) is 22.4. The Morgan fingerprint density at radius 2 is 1.35 bits per heavy atom. The van der Waals surface area contributed by atoms with Gasteiger partial charge in [0.05, 0.1) is 19.5 Å². The maximum Gasteiger partial charge on any atom is 0.472 e. The second-order valence-electron chi connectivity index (χ2n) is 8.13. The molecule has 0 saturated carbocycles. The van der Waals surface area contributed by atoms with Gasteiger partial charge in [0.25, 0.3) is 0 Å². The van der Waals surface area contributed by atoms with E-state index in [1.807, 2.05) is 6.08 Å². The van der Waals surface area contributed by atoms with Crippen molar-refractivity contribution in [1.29, 1.82) is 0 Å². The molecule has 0 aromatic rings. The third kappa shape index (κ3) is 24.1. The van der Waals surface area contributed by atoms with E-state index in [9.17, 15) is 14.6 Å². The van der Waals surface area contributed by atoms with Gasteiger partial charge in [0.15, 0.2) is 0 Å². The first-order chi connectivity index (χ1) is 15.0. The van der Waals surface area contributed by atoms with Gasteiger partial charge in [-0.1, -0.05) is 90.4 Å². The van der Waals surface area contributed by atoms with Crippen LogP contribution in [0.5, 0.6) is 0 Å². The summed E-state index contributed by atoms with van der Waals surface area (Å²) in [6, 6.07) is 0. The molecule has 0 aliphatic carbocycles. The molecule has 0 aromatic carbocycles. The van der Waals surface area contributed by atoms with Gasteiger partial charge in [0.2, 0.25) is 0 Å². The van der Waals surface area contributed by atoms with Crippen molar-refractivity contribution in [3.05, 3.63) is 12.3 Å². The number of phosphoric ester groups is 1. The molecular weight excluding hydrogens is 417 g/mol. The Morgan fingerprint density at radius 1 is 0.839 bits per heavy atom. The number of aliphatic hydroxyl groups is 1. The number of phosphoric acid groups is 1. The summed E-state index contributed by atoms with van der Waals surface area (Å²) in [7, 11) is -4.15. The minimum absolute atomic E-state index is 0.00781. The summed E-state index contributed by atoms with van der Waals surface area (Å²) >= 11 is 0. The fourth-order valence-electron chi connectivity index (χ4n) is 3.19. The Morgan fingerprint density at radius 3 is 1.87 bits per heavy atom. The summed E-state index contributed by atoms with van der Waals surface area (Å²) in [5.41, 5.74) is 5.18. The van der Waals surface area contributed by atoms with Crippen molar-refractivity contribution < 1.29 is 28.3 Å². The Labute approximate surface area is 190 Å². The lowest BCUT2D eigenvalue weighted by Crippen LogP contribution is -2.20. The molecule has 0 fully saturated rings. The van der Waals surface area contributed by atoms with Crippen LogP contribution in [0.2, 0.25) is 0 Å². The van der Waals surface area contributed by atoms with Crippen LogP contribution in [0, 0.1) is 0 Å². The van der Waals surface area contributed by atoms with E-state index in [1.54, 1.807) is 6.26 Å². The molecule has 7 nitrogen and oxygen atoms in total. The summed E-state index contributed by atoms with van der Waals surface area (Å²) in [6.45, 7) is 1.95. The van der Waals surface area contributed by atoms with Crippen molar-refractivity contribution in [2.75, 3.05) is 26.4 Å². The molecule has 0 saturated heterocycles. The number of allylic oxidation sites excluding steroid dienone is 1. The van der Waals surface area contributed by atoms with Crippen LogP contribution in [0.1, 0.15) is 103 Å². The van der Waals surface area contributed by atoms with E-state index in [-0.39, 0.29) is 26.4 Å². The predicted molar refractivity (Wildman–Crippen MR) is 127 cm³/mol. The normalized spacial score (nSPS) is 14.7. The summed E-state index contributed by atoms with van der Waals surface area (Å²) in [6.07, 6.45) is 22.3. The average molecular weight is 466 g/mol. The molecule has 4 N–H and O–H groups in total. The van der Waals surface area contributed by atoms with Gasteiger partial charge in [-0.05, 0) is 18.9 Å². The van der Waals surface area contributed by atoms with E-state index in [1.165, 1.54) is 83.5 Å². The maximum atomic E-state index is 11.4. The van der Waals surface area contributed by atoms with Crippen LogP contribution < -0.4 is 5.73 Å². The van der Waals surface area contributed by atoms with Crippen molar-refractivity contribution >= 4 is 7.82 Å². The standard InChI is InChI=1S/C23H48NO6P/c1-2-3-4-5-6-7-8-9-10-11-12-13-14-15-16-17-19-28-21-23(25)22-30-31(26,27)29-20-18-24/h17,19,23,25H,2-16,18,20-22,24H2,1H3,(H,26,27)/b19-17+/t23-/m1/s1. The summed E-state index contributed by atoms with van der Waals surface area (Å²) in [5.74, 6) is 0. The minimum atomic E-state index is -4.15. The van der Waals surface area contributed by atoms with Gasteiger partial charge in [-0.25, -0.2) is 4.57 Å². The van der Waals surface area contributed by atoms with Crippen molar-refractivity contribution in [2.45, 2.75) is 109 Å². The van der Waals surface area contributed by atoms with E-state index in [0.29, 0.717) is 0 Å². The second kappa shape index (κ2) is 22.8. The zero-order valence-electron chi connectivity index (χ0n) is 19.7. The molecule has 2 atom stereocenters. The third-order valence-electron chi connectivity index (χ3n) is 5.01. The van der Waals surface area contributed by atoms with Gasteiger partial charge in [-0.2, -0.15) is 0 Å². The van der Waals surface area contributed by atoms with Crippen molar-refractivity contribution in [3.8, 4) is 0 Å². The van der Waals surface area contributed by atoms with Gasteiger partial charge >= 0.3 is 7.82 Å². The molecular formula is C23H48NO6P.